The molecule has 17 heavy (non-hydrogen) atoms. The Balaban J connectivity index is 2.21. The van der Waals surface area contributed by atoms with E-state index in [2.05, 4.69) is 27.6 Å². The average molecular weight is 359 g/mol. The molecular weight excluding hydrogens is 345 g/mol. The lowest BCUT2D eigenvalue weighted by atomic mass is 9.91. The molecule has 1 atom stereocenters. The molecule has 4 heteroatoms. The van der Waals surface area contributed by atoms with E-state index in [4.69, 9.17) is 0 Å². The van der Waals surface area contributed by atoms with E-state index < -0.39 is 5.60 Å². The number of aliphatic hydroxyl groups is 1. The highest BCUT2D eigenvalue weighted by atomic mass is 127. The fourth-order valence-electron chi connectivity index (χ4n) is 1.75. The first kappa shape index (κ1) is 13.0. The molecule has 0 aliphatic rings. The number of aromatic nitrogens is 1. The highest BCUT2D eigenvalue weighted by Crippen LogP contribution is 2.26. The molecule has 2 aromatic rings. The lowest BCUT2D eigenvalue weighted by Gasteiger charge is -2.23. The Morgan fingerprint density at radius 1 is 1.35 bits per heavy atom. The zero-order chi connectivity index (χ0) is 12.5. The van der Waals surface area contributed by atoms with Gasteiger partial charge in [0, 0.05) is 15.4 Å². The molecule has 0 saturated carbocycles. The van der Waals surface area contributed by atoms with Crippen molar-refractivity contribution in [2.75, 3.05) is 0 Å². The van der Waals surface area contributed by atoms with E-state index in [0.717, 1.165) is 16.3 Å². The number of hydrogen-bond donors (Lipinski definition) is 1. The molecule has 90 valence electrons. The molecule has 0 aliphatic carbocycles. The van der Waals surface area contributed by atoms with Crippen LogP contribution in [-0.4, -0.2) is 10.1 Å². The van der Waals surface area contributed by atoms with Gasteiger partial charge in [0.25, 0.3) is 0 Å². The second kappa shape index (κ2) is 5.04. The number of nitrogens with zero attached hydrogens (tertiary/aromatic N) is 1. The predicted molar refractivity (Wildman–Crippen MR) is 79.3 cm³/mol. The van der Waals surface area contributed by atoms with Gasteiger partial charge in [0.05, 0.1) is 16.3 Å². The second-order valence-corrected chi connectivity index (χ2v) is 6.62. The van der Waals surface area contributed by atoms with Crippen LogP contribution in [0.4, 0.5) is 0 Å². The first-order valence-corrected chi connectivity index (χ1v) is 7.33. The monoisotopic (exact) mass is 359 g/mol. The number of halogens is 1. The summed E-state index contributed by atoms with van der Waals surface area (Å²) in [4.78, 5) is 4.40. The number of aryl methyl sites for hydroxylation is 1. The molecule has 1 unspecified atom stereocenters. The van der Waals surface area contributed by atoms with E-state index in [9.17, 15) is 5.11 Å². The van der Waals surface area contributed by atoms with Crippen molar-refractivity contribution < 1.29 is 5.11 Å². The average Bonchev–Trinajstić information content (AvgIpc) is 2.63. The normalized spacial score (nSPS) is 14.6. The summed E-state index contributed by atoms with van der Waals surface area (Å²) in [5, 5.41) is 13.6. The van der Waals surface area contributed by atoms with Crippen LogP contribution in [0.15, 0.2) is 29.6 Å². The summed E-state index contributed by atoms with van der Waals surface area (Å²) in [7, 11) is 0. The minimum atomic E-state index is -0.856. The van der Waals surface area contributed by atoms with Crippen LogP contribution in [0.25, 0.3) is 0 Å². The van der Waals surface area contributed by atoms with Crippen molar-refractivity contribution >= 4 is 33.9 Å². The van der Waals surface area contributed by atoms with Gasteiger partial charge in [0.1, 0.15) is 0 Å². The van der Waals surface area contributed by atoms with Gasteiger partial charge < -0.3 is 5.11 Å². The molecule has 0 aliphatic heterocycles. The van der Waals surface area contributed by atoms with Gasteiger partial charge in [-0.25, -0.2) is 4.98 Å². The number of rotatable bonds is 3. The SMILES string of the molecule is Cc1nc(CC(C)(O)c2ccc(I)cc2)cs1. The van der Waals surface area contributed by atoms with Crippen LogP contribution in [-0.2, 0) is 12.0 Å². The van der Waals surface area contributed by atoms with Crippen LogP contribution in [0.3, 0.4) is 0 Å². The Bertz CT molecular complexity index is 504. The molecule has 0 amide bonds. The van der Waals surface area contributed by atoms with Gasteiger partial charge in [-0.15, -0.1) is 11.3 Å². The van der Waals surface area contributed by atoms with Crippen LogP contribution < -0.4 is 0 Å². The Hall–Kier alpha value is -0.460. The van der Waals surface area contributed by atoms with Gasteiger partial charge in [-0.05, 0) is 54.1 Å². The largest absolute Gasteiger partial charge is 0.385 e. The summed E-state index contributed by atoms with van der Waals surface area (Å²) in [6, 6.07) is 7.97. The van der Waals surface area contributed by atoms with Crippen molar-refractivity contribution in [2.45, 2.75) is 25.9 Å². The van der Waals surface area contributed by atoms with Gasteiger partial charge >= 0.3 is 0 Å². The van der Waals surface area contributed by atoms with Crippen molar-refractivity contribution in [1.29, 1.82) is 0 Å². The van der Waals surface area contributed by atoms with Gasteiger partial charge in [-0.2, -0.15) is 0 Å². The first-order chi connectivity index (χ1) is 7.97. The molecule has 1 aromatic carbocycles. The van der Waals surface area contributed by atoms with Crippen molar-refractivity contribution in [3.8, 4) is 0 Å². The quantitative estimate of drug-likeness (QED) is 0.851. The standard InChI is InChI=1S/C13H14INOS/c1-9-15-12(8-17-9)7-13(2,16)10-3-5-11(14)6-4-10/h3-6,8,16H,7H2,1-2H3. The first-order valence-electron chi connectivity index (χ1n) is 5.37. The smallest absolute Gasteiger partial charge is 0.0924 e. The maximum Gasteiger partial charge on any atom is 0.0924 e. The molecule has 1 heterocycles. The van der Waals surface area contributed by atoms with Crippen LogP contribution >= 0.6 is 33.9 Å². The van der Waals surface area contributed by atoms with Gasteiger partial charge in [0.15, 0.2) is 0 Å². The Kier molecular flexibility index (Phi) is 3.85. The molecule has 0 fully saturated rings. The highest BCUT2D eigenvalue weighted by molar-refractivity contribution is 14.1. The molecule has 2 nitrogen and oxygen atoms in total. The second-order valence-electron chi connectivity index (χ2n) is 4.32. The zero-order valence-corrected chi connectivity index (χ0v) is 12.7. The van der Waals surface area contributed by atoms with E-state index >= 15 is 0 Å². The van der Waals surface area contributed by atoms with E-state index in [-0.39, 0.29) is 0 Å². The topological polar surface area (TPSA) is 33.1 Å². The lowest BCUT2D eigenvalue weighted by Crippen LogP contribution is -2.24. The van der Waals surface area contributed by atoms with Crippen LogP contribution in [0, 0.1) is 10.5 Å². The third-order valence-corrected chi connectivity index (χ3v) is 4.20. The van der Waals surface area contributed by atoms with Crippen molar-refractivity contribution in [1.82, 2.24) is 4.98 Å². The number of thiazole rings is 1. The fraction of sp³-hybridized carbons (Fsp3) is 0.308. The maximum atomic E-state index is 10.5. The minimum absolute atomic E-state index is 0.554. The summed E-state index contributed by atoms with van der Waals surface area (Å²) in [6.45, 7) is 3.82. The lowest BCUT2D eigenvalue weighted by molar-refractivity contribution is 0.0567. The summed E-state index contributed by atoms with van der Waals surface area (Å²) >= 11 is 3.88. The van der Waals surface area contributed by atoms with Crippen molar-refractivity contribution in [2.24, 2.45) is 0 Å². The maximum absolute atomic E-state index is 10.5. The Morgan fingerprint density at radius 3 is 2.53 bits per heavy atom. The van der Waals surface area contributed by atoms with Gasteiger partial charge in [-0.1, -0.05) is 12.1 Å². The van der Waals surface area contributed by atoms with E-state index in [1.54, 1.807) is 11.3 Å². The molecule has 0 radical (unpaired) electrons. The third kappa shape index (κ3) is 3.26. The summed E-state index contributed by atoms with van der Waals surface area (Å²) in [6.07, 6.45) is 0.554. The number of benzene rings is 1. The molecule has 2 rings (SSSR count). The molecular formula is C13H14INOS. The highest BCUT2D eigenvalue weighted by Gasteiger charge is 2.24. The van der Waals surface area contributed by atoms with Crippen LogP contribution in [0.1, 0.15) is 23.2 Å². The molecule has 0 bridgehead atoms. The van der Waals surface area contributed by atoms with Crippen LogP contribution in [0.2, 0.25) is 0 Å². The van der Waals surface area contributed by atoms with E-state index in [1.165, 1.54) is 3.57 Å². The fourth-order valence-corrected chi connectivity index (χ4v) is 2.73. The van der Waals surface area contributed by atoms with E-state index in [1.807, 2.05) is 43.5 Å². The number of hydrogen-bond acceptors (Lipinski definition) is 3. The zero-order valence-electron chi connectivity index (χ0n) is 9.77. The molecule has 0 saturated heterocycles. The molecule has 1 aromatic heterocycles. The molecule has 1 N–H and O–H groups in total. The van der Waals surface area contributed by atoms with Crippen molar-refractivity contribution in [3.63, 3.8) is 0 Å². The van der Waals surface area contributed by atoms with Gasteiger partial charge in [0.2, 0.25) is 0 Å². The van der Waals surface area contributed by atoms with Crippen molar-refractivity contribution in [3.05, 3.63) is 49.5 Å². The Labute approximate surface area is 119 Å². The summed E-state index contributed by atoms with van der Waals surface area (Å²) in [5.41, 5.74) is 1.03. The minimum Gasteiger partial charge on any atom is -0.385 e. The summed E-state index contributed by atoms with van der Waals surface area (Å²) < 4.78 is 1.17. The Morgan fingerprint density at radius 2 is 2.00 bits per heavy atom. The van der Waals surface area contributed by atoms with Crippen LogP contribution in [0.5, 0.6) is 0 Å². The molecule has 0 spiro atoms. The van der Waals surface area contributed by atoms with Gasteiger partial charge in [-0.3, -0.25) is 0 Å². The summed E-state index contributed by atoms with van der Waals surface area (Å²) in [5.74, 6) is 0. The predicted octanol–water partition coefficient (Wildman–Crippen LogP) is 3.51. The third-order valence-electron chi connectivity index (χ3n) is 2.66. The van der Waals surface area contributed by atoms with E-state index in [0.29, 0.717) is 6.42 Å².